The van der Waals surface area contributed by atoms with E-state index in [4.69, 9.17) is 9.47 Å². The summed E-state index contributed by atoms with van der Waals surface area (Å²) in [5, 5.41) is 0. The number of carbonyl (C=O) groups excluding carboxylic acids is 2. The molecule has 1 fully saturated rings. The molecule has 0 N–H and O–H groups in total. The fourth-order valence-corrected chi connectivity index (χ4v) is 3.32. The molecule has 4 rings (SSSR count). The number of nitrogens with zero attached hydrogens (tertiary/aromatic N) is 3. The van der Waals surface area contributed by atoms with E-state index in [0.29, 0.717) is 57.1 Å². The summed E-state index contributed by atoms with van der Waals surface area (Å²) in [5.41, 5.74) is 1.53. The molecule has 7 heteroatoms. The van der Waals surface area contributed by atoms with E-state index in [2.05, 4.69) is 4.98 Å². The van der Waals surface area contributed by atoms with E-state index >= 15 is 0 Å². The van der Waals surface area contributed by atoms with Crippen molar-refractivity contribution in [2.75, 3.05) is 39.4 Å². The standard InChI is InChI=1S/C20H21N3O4/c24-19(14-15-1-2-17-18(13-15)27-12-11-26-17)22-7-9-23(10-8-22)20(25)16-3-5-21-6-4-16/h1-6,13H,7-12,14H2. The van der Waals surface area contributed by atoms with E-state index in [9.17, 15) is 9.59 Å². The van der Waals surface area contributed by atoms with Crippen molar-refractivity contribution in [3.05, 3.63) is 53.9 Å². The highest BCUT2D eigenvalue weighted by molar-refractivity contribution is 5.94. The number of hydrogen-bond acceptors (Lipinski definition) is 5. The monoisotopic (exact) mass is 367 g/mol. The number of hydrogen-bond donors (Lipinski definition) is 0. The molecule has 2 aliphatic heterocycles. The average Bonchev–Trinajstić information content (AvgIpc) is 2.74. The lowest BCUT2D eigenvalue weighted by Crippen LogP contribution is -2.51. The molecule has 1 saturated heterocycles. The summed E-state index contributed by atoms with van der Waals surface area (Å²) in [6.45, 7) is 3.23. The van der Waals surface area contributed by atoms with Gasteiger partial charge in [0, 0.05) is 44.1 Å². The molecule has 0 aliphatic carbocycles. The minimum atomic E-state index is -0.0173. The van der Waals surface area contributed by atoms with Gasteiger partial charge in [0.25, 0.3) is 5.91 Å². The van der Waals surface area contributed by atoms with E-state index in [-0.39, 0.29) is 11.8 Å². The van der Waals surface area contributed by atoms with Crippen LogP contribution in [0.1, 0.15) is 15.9 Å². The van der Waals surface area contributed by atoms with Crippen LogP contribution in [0.15, 0.2) is 42.7 Å². The number of fused-ring (bicyclic) bond motifs is 1. The molecular weight excluding hydrogens is 346 g/mol. The predicted octanol–water partition coefficient (Wildman–Crippen LogP) is 1.38. The van der Waals surface area contributed by atoms with Crippen LogP contribution in [0.3, 0.4) is 0 Å². The van der Waals surface area contributed by atoms with Gasteiger partial charge in [0.1, 0.15) is 13.2 Å². The number of pyridine rings is 1. The maximum atomic E-state index is 12.6. The first kappa shape index (κ1) is 17.3. The predicted molar refractivity (Wildman–Crippen MR) is 97.9 cm³/mol. The summed E-state index contributed by atoms with van der Waals surface area (Å²) < 4.78 is 11.1. The molecule has 2 aromatic rings. The highest BCUT2D eigenvalue weighted by Crippen LogP contribution is 2.31. The minimum Gasteiger partial charge on any atom is -0.486 e. The van der Waals surface area contributed by atoms with Crippen molar-refractivity contribution >= 4 is 11.8 Å². The SMILES string of the molecule is O=C(Cc1ccc2c(c1)OCCO2)N1CCN(C(=O)c2ccncc2)CC1. The van der Waals surface area contributed by atoms with Crippen molar-refractivity contribution in [2.24, 2.45) is 0 Å². The van der Waals surface area contributed by atoms with Gasteiger partial charge in [-0.15, -0.1) is 0 Å². The Hall–Kier alpha value is -3.09. The van der Waals surface area contributed by atoms with Crippen LogP contribution in [0, 0.1) is 0 Å². The highest BCUT2D eigenvalue weighted by atomic mass is 16.6. The molecule has 7 nitrogen and oxygen atoms in total. The van der Waals surface area contributed by atoms with Gasteiger partial charge in [-0.25, -0.2) is 0 Å². The second kappa shape index (κ2) is 7.65. The number of rotatable bonds is 3. The number of benzene rings is 1. The normalized spacial score (nSPS) is 16.1. The fourth-order valence-electron chi connectivity index (χ4n) is 3.32. The molecule has 0 spiro atoms. The van der Waals surface area contributed by atoms with Gasteiger partial charge in [-0.1, -0.05) is 6.07 Å². The van der Waals surface area contributed by atoms with Gasteiger partial charge in [0.2, 0.25) is 5.91 Å². The number of piperazine rings is 1. The summed E-state index contributed by atoms with van der Waals surface area (Å²) in [6, 6.07) is 9.04. The first-order chi connectivity index (χ1) is 13.2. The van der Waals surface area contributed by atoms with Crippen molar-refractivity contribution in [2.45, 2.75) is 6.42 Å². The van der Waals surface area contributed by atoms with Gasteiger partial charge in [-0.3, -0.25) is 14.6 Å². The molecule has 2 amide bonds. The molecule has 0 atom stereocenters. The first-order valence-corrected chi connectivity index (χ1v) is 9.06. The minimum absolute atomic E-state index is 0.0173. The lowest BCUT2D eigenvalue weighted by atomic mass is 10.1. The molecule has 1 aromatic carbocycles. The second-order valence-corrected chi connectivity index (χ2v) is 6.56. The first-order valence-electron chi connectivity index (χ1n) is 9.06. The number of aromatic nitrogens is 1. The third-order valence-corrected chi connectivity index (χ3v) is 4.81. The van der Waals surface area contributed by atoms with Gasteiger partial charge < -0.3 is 19.3 Å². The van der Waals surface area contributed by atoms with Gasteiger partial charge in [-0.2, -0.15) is 0 Å². The van der Waals surface area contributed by atoms with Gasteiger partial charge in [-0.05, 0) is 29.8 Å². The second-order valence-electron chi connectivity index (χ2n) is 6.56. The highest BCUT2D eigenvalue weighted by Gasteiger charge is 2.25. The Morgan fingerprint density at radius 1 is 0.889 bits per heavy atom. The smallest absolute Gasteiger partial charge is 0.254 e. The maximum absolute atomic E-state index is 12.6. The summed E-state index contributed by atoms with van der Waals surface area (Å²) in [4.78, 5) is 32.6. The Balaban J connectivity index is 1.33. The van der Waals surface area contributed by atoms with Crippen LogP contribution in [0.25, 0.3) is 0 Å². The zero-order chi connectivity index (χ0) is 18.6. The third-order valence-electron chi connectivity index (χ3n) is 4.81. The molecule has 140 valence electrons. The van der Waals surface area contributed by atoms with Crippen LogP contribution >= 0.6 is 0 Å². The van der Waals surface area contributed by atoms with Gasteiger partial charge in [0.05, 0.1) is 6.42 Å². The molecule has 2 aliphatic rings. The van der Waals surface area contributed by atoms with Crippen LogP contribution in [-0.2, 0) is 11.2 Å². The van der Waals surface area contributed by atoms with Crippen LogP contribution in [0.2, 0.25) is 0 Å². The third kappa shape index (κ3) is 3.86. The number of amides is 2. The van der Waals surface area contributed by atoms with E-state index in [1.54, 1.807) is 29.4 Å². The van der Waals surface area contributed by atoms with E-state index in [0.717, 1.165) is 11.3 Å². The molecule has 27 heavy (non-hydrogen) atoms. The Kier molecular flexibility index (Phi) is 4.91. The molecule has 3 heterocycles. The number of carbonyl (C=O) groups is 2. The quantitative estimate of drug-likeness (QED) is 0.820. The molecule has 1 aromatic heterocycles. The van der Waals surface area contributed by atoms with E-state index in [1.807, 2.05) is 23.1 Å². The zero-order valence-electron chi connectivity index (χ0n) is 15.0. The van der Waals surface area contributed by atoms with Crippen molar-refractivity contribution < 1.29 is 19.1 Å². The maximum Gasteiger partial charge on any atom is 0.254 e. The van der Waals surface area contributed by atoms with Gasteiger partial charge >= 0.3 is 0 Å². The van der Waals surface area contributed by atoms with E-state index < -0.39 is 0 Å². The van der Waals surface area contributed by atoms with Crippen LogP contribution in [0.5, 0.6) is 11.5 Å². The van der Waals surface area contributed by atoms with E-state index in [1.165, 1.54) is 0 Å². The Morgan fingerprint density at radius 2 is 1.56 bits per heavy atom. The lowest BCUT2D eigenvalue weighted by molar-refractivity contribution is -0.131. The summed E-state index contributed by atoms with van der Waals surface area (Å²) >= 11 is 0. The van der Waals surface area contributed by atoms with Crippen LogP contribution in [-0.4, -0.2) is 66.0 Å². The molecule has 0 radical (unpaired) electrons. The summed E-state index contributed by atoms with van der Waals surface area (Å²) in [5.74, 6) is 1.46. The fraction of sp³-hybridized carbons (Fsp3) is 0.350. The Morgan fingerprint density at radius 3 is 2.30 bits per heavy atom. The van der Waals surface area contributed by atoms with Crippen molar-refractivity contribution in [3.63, 3.8) is 0 Å². The summed E-state index contributed by atoms with van der Waals surface area (Å²) in [7, 11) is 0. The Labute approximate surface area is 157 Å². The van der Waals surface area contributed by atoms with Crippen LogP contribution < -0.4 is 9.47 Å². The largest absolute Gasteiger partial charge is 0.486 e. The Bertz CT molecular complexity index is 832. The van der Waals surface area contributed by atoms with Crippen molar-refractivity contribution in [1.29, 1.82) is 0 Å². The lowest BCUT2D eigenvalue weighted by Gasteiger charge is -2.35. The molecule has 0 unspecified atom stereocenters. The number of ether oxygens (including phenoxy) is 2. The topological polar surface area (TPSA) is 72.0 Å². The van der Waals surface area contributed by atoms with Crippen LogP contribution in [0.4, 0.5) is 0 Å². The van der Waals surface area contributed by atoms with Gasteiger partial charge in [0.15, 0.2) is 11.5 Å². The summed E-state index contributed by atoms with van der Waals surface area (Å²) in [6.07, 6.45) is 3.54. The van der Waals surface area contributed by atoms with Crippen molar-refractivity contribution in [1.82, 2.24) is 14.8 Å². The zero-order valence-corrected chi connectivity index (χ0v) is 15.0. The molecular formula is C20H21N3O4. The molecule has 0 bridgehead atoms. The average molecular weight is 367 g/mol. The van der Waals surface area contributed by atoms with Crippen molar-refractivity contribution in [3.8, 4) is 11.5 Å². The molecule has 0 saturated carbocycles.